The van der Waals surface area contributed by atoms with E-state index in [1.165, 1.54) is 38.6 Å². The van der Waals surface area contributed by atoms with Crippen LogP contribution in [0.3, 0.4) is 0 Å². The molecule has 1 N–H and O–H groups in total. The van der Waals surface area contributed by atoms with Crippen LogP contribution in [0, 0.1) is 5.92 Å². The Morgan fingerprint density at radius 2 is 1.88 bits per heavy atom. The maximum absolute atomic E-state index is 5.53. The first-order chi connectivity index (χ1) is 7.79. The lowest BCUT2D eigenvalue weighted by molar-refractivity contribution is 0.118. The van der Waals surface area contributed by atoms with Gasteiger partial charge in [0.1, 0.15) is 0 Å². The summed E-state index contributed by atoms with van der Waals surface area (Å²) in [5.41, 5.74) is 0. The van der Waals surface area contributed by atoms with Gasteiger partial charge in [0.2, 0.25) is 0 Å². The van der Waals surface area contributed by atoms with Gasteiger partial charge in [-0.05, 0) is 39.4 Å². The molecule has 1 rings (SSSR count). The third-order valence-corrected chi connectivity index (χ3v) is 3.26. The summed E-state index contributed by atoms with van der Waals surface area (Å²) in [6.07, 6.45) is 7.17. The molecule has 0 radical (unpaired) electrons. The van der Waals surface area contributed by atoms with Gasteiger partial charge in [0, 0.05) is 13.1 Å². The molecule has 96 valence electrons. The van der Waals surface area contributed by atoms with E-state index in [9.17, 15) is 0 Å². The lowest BCUT2D eigenvalue weighted by atomic mass is 9.89. The predicted molar refractivity (Wildman–Crippen MR) is 68.8 cm³/mol. The van der Waals surface area contributed by atoms with Gasteiger partial charge in [0.15, 0.2) is 0 Å². The van der Waals surface area contributed by atoms with Crippen LogP contribution < -0.4 is 5.32 Å². The zero-order valence-corrected chi connectivity index (χ0v) is 11.0. The quantitative estimate of drug-likeness (QED) is 0.640. The van der Waals surface area contributed by atoms with Gasteiger partial charge in [-0.2, -0.15) is 0 Å². The number of hydrogen-bond donors (Lipinski definition) is 1. The summed E-state index contributed by atoms with van der Waals surface area (Å²) in [5.74, 6) is 0.926. The highest BCUT2D eigenvalue weighted by Crippen LogP contribution is 2.22. The first kappa shape index (κ1) is 13.9. The molecule has 1 aliphatic carbocycles. The van der Waals surface area contributed by atoms with Crippen molar-refractivity contribution in [2.45, 2.75) is 32.1 Å². The van der Waals surface area contributed by atoms with E-state index in [1.54, 1.807) is 0 Å². The minimum atomic E-state index is 0.845. The monoisotopic (exact) mass is 228 g/mol. The average molecular weight is 228 g/mol. The van der Waals surface area contributed by atoms with Gasteiger partial charge in [-0.1, -0.05) is 19.3 Å². The third kappa shape index (κ3) is 7.20. The van der Waals surface area contributed by atoms with E-state index in [4.69, 9.17) is 4.74 Å². The summed E-state index contributed by atoms with van der Waals surface area (Å²) in [7, 11) is 4.15. The Bertz CT molecular complexity index is 156. The Labute approximate surface area is 101 Å². The van der Waals surface area contributed by atoms with Crippen molar-refractivity contribution in [3.63, 3.8) is 0 Å². The molecular formula is C13H28N2O. The number of rotatable bonds is 8. The summed E-state index contributed by atoms with van der Waals surface area (Å²) < 4.78 is 5.53. The van der Waals surface area contributed by atoms with Crippen molar-refractivity contribution >= 4 is 0 Å². The smallest absolute Gasteiger partial charge is 0.0593 e. The molecule has 0 atom stereocenters. The average Bonchev–Trinajstić information content (AvgIpc) is 2.29. The molecule has 0 heterocycles. The fourth-order valence-electron chi connectivity index (χ4n) is 2.19. The van der Waals surface area contributed by atoms with Gasteiger partial charge in [-0.3, -0.25) is 0 Å². The summed E-state index contributed by atoms with van der Waals surface area (Å²) in [6.45, 7) is 4.91. The largest absolute Gasteiger partial charge is 0.379 e. The molecule has 0 aliphatic heterocycles. The second-order valence-electron chi connectivity index (χ2n) is 5.12. The summed E-state index contributed by atoms with van der Waals surface area (Å²) in [5, 5.41) is 3.50. The standard InChI is InChI=1S/C13H28N2O/c1-15(2)9-11-16-10-8-14-12-13-6-4-3-5-7-13/h13-14H,3-12H2,1-2H3. The van der Waals surface area contributed by atoms with Crippen molar-refractivity contribution in [1.82, 2.24) is 10.2 Å². The normalized spacial score (nSPS) is 18.2. The third-order valence-electron chi connectivity index (χ3n) is 3.26. The van der Waals surface area contributed by atoms with Crippen molar-refractivity contribution in [2.75, 3.05) is 46.9 Å². The molecule has 0 aromatic carbocycles. The van der Waals surface area contributed by atoms with Crippen molar-refractivity contribution < 1.29 is 4.74 Å². The van der Waals surface area contributed by atoms with Crippen LogP contribution in [-0.4, -0.2) is 51.8 Å². The number of likely N-dealkylation sites (N-methyl/N-ethyl adjacent to an activating group) is 1. The second kappa shape index (κ2) is 8.97. The van der Waals surface area contributed by atoms with Crippen LogP contribution in [-0.2, 0) is 4.74 Å². The maximum atomic E-state index is 5.53. The fourth-order valence-corrected chi connectivity index (χ4v) is 2.19. The number of nitrogens with zero attached hydrogens (tertiary/aromatic N) is 1. The number of nitrogens with one attached hydrogen (secondary N) is 1. The van der Waals surface area contributed by atoms with Crippen molar-refractivity contribution in [1.29, 1.82) is 0 Å². The molecular weight excluding hydrogens is 200 g/mol. The second-order valence-corrected chi connectivity index (χ2v) is 5.12. The van der Waals surface area contributed by atoms with Gasteiger partial charge < -0.3 is 15.0 Å². The number of ether oxygens (including phenoxy) is 1. The lowest BCUT2D eigenvalue weighted by Crippen LogP contribution is -2.28. The lowest BCUT2D eigenvalue weighted by Gasteiger charge is -2.21. The first-order valence-corrected chi connectivity index (χ1v) is 6.72. The molecule has 0 bridgehead atoms. The Kier molecular flexibility index (Phi) is 7.81. The van der Waals surface area contributed by atoms with Crippen LogP contribution in [0.15, 0.2) is 0 Å². The van der Waals surface area contributed by atoms with Gasteiger partial charge >= 0.3 is 0 Å². The van der Waals surface area contributed by atoms with Crippen molar-refractivity contribution in [3.05, 3.63) is 0 Å². The van der Waals surface area contributed by atoms with E-state index >= 15 is 0 Å². The topological polar surface area (TPSA) is 24.5 Å². The molecule has 1 fully saturated rings. The molecule has 0 unspecified atom stereocenters. The molecule has 0 aromatic rings. The van der Waals surface area contributed by atoms with Crippen molar-refractivity contribution in [2.24, 2.45) is 5.92 Å². The molecule has 0 aromatic heterocycles. The Morgan fingerprint density at radius 3 is 2.56 bits per heavy atom. The molecule has 3 heteroatoms. The maximum Gasteiger partial charge on any atom is 0.0593 e. The zero-order chi connectivity index (χ0) is 11.6. The Morgan fingerprint density at radius 1 is 1.12 bits per heavy atom. The van der Waals surface area contributed by atoms with E-state index < -0.39 is 0 Å². The summed E-state index contributed by atoms with van der Waals surface area (Å²) in [4.78, 5) is 2.15. The highest BCUT2D eigenvalue weighted by molar-refractivity contribution is 4.67. The first-order valence-electron chi connectivity index (χ1n) is 6.72. The van der Waals surface area contributed by atoms with E-state index in [2.05, 4.69) is 24.3 Å². The minimum Gasteiger partial charge on any atom is -0.379 e. The molecule has 0 amide bonds. The molecule has 16 heavy (non-hydrogen) atoms. The van der Waals surface area contributed by atoms with Gasteiger partial charge in [-0.15, -0.1) is 0 Å². The summed E-state index contributed by atoms with van der Waals surface area (Å²) >= 11 is 0. The molecule has 3 nitrogen and oxygen atoms in total. The minimum absolute atomic E-state index is 0.845. The molecule has 0 spiro atoms. The van der Waals surface area contributed by atoms with Crippen LogP contribution in [0.1, 0.15) is 32.1 Å². The highest BCUT2D eigenvalue weighted by Gasteiger charge is 2.12. The van der Waals surface area contributed by atoms with Crippen LogP contribution in [0.5, 0.6) is 0 Å². The van der Waals surface area contributed by atoms with Gasteiger partial charge in [0.05, 0.1) is 13.2 Å². The Balaban J connectivity index is 1.80. The summed E-state index contributed by atoms with van der Waals surface area (Å²) in [6, 6.07) is 0. The zero-order valence-electron chi connectivity index (χ0n) is 11.0. The van der Waals surface area contributed by atoms with Crippen LogP contribution in [0.25, 0.3) is 0 Å². The van der Waals surface area contributed by atoms with Crippen LogP contribution in [0.2, 0.25) is 0 Å². The van der Waals surface area contributed by atoms with E-state index in [0.29, 0.717) is 0 Å². The van der Waals surface area contributed by atoms with E-state index in [-0.39, 0.29) is 0 Å². The highest BCUT2D eigenvalue weighted by atomic mass is 16.5. The fraction of sp³-hybridized carbons (Fsp3) is 1.00. The van der Waals surface area contributed by atoms with Gasteiger partial charge in [-0.25, -0.2) is 0 Å². The van der Waals surface area contributed by atoms with E-state index in [0.717, 1.165) is 32.2 Å². The molecule has 1 saturated carbocycles. The SMILES string of the molecule is CN(C)CCOCCNCC1CCCCC1. The molecule has 1 aliphatic rings. The van der Waals surface area contributed by atoms with Gasteiger partial charge in [0.25, 0.3) is 0 Å². The molecule has 0 saturated heterocycles. The van der Waals surface area contributed by atoms with E-state index in [1.807, 2.05) is 0 Å². The predicted octanol–water partition coefficient (Wildman–Crippen LogP) is 1.73. The number of hydrogen-bond acceptors (Lipinski definition) is 3. The van der Waals surface area contributed by atoms with Crippen LogP contribution in [0.4, 0.5) is 0 Å². The van der Waals surface area contributed by atoms with Crippen LogP contribution >= 0.6 is 0 Å². The Hall–Kier alpha value is -0.120. The van der Waals surface area contributed by atoms with Crippen molar-refractivity contribution in [3.8, 4) is 0 Å².